The second-order valence-electron chi connectivity index (χ2n) is 13.2. The Morgan fingerprint density at radius 3 is 2.07 bits per heavy atom. The SMILES string of the molecule is COC(=O)NC(C(=O)NN(Cc1ccc(-c2ccccn2)cc1)C[C@@H](O)[C@H](Cc1ccccc1)NC(=O)OC(C)(C)C)C(C)(C)C. The predicted octanol–water partition coefficient (Wildman–Crippen LogP) is 4.85. The third kappa shape index (κ3) is 11.8. The number of aliphatic hydroxyl groups is 1. The van der Waals surface area contributed by atoms with Crippen LogP contribution in [-0.4, -0.2) is 70.6 Å². The summed E-state index contributed by atoms with van der Waals surface area (Å²) in [5.41, 5.74) is 5.00. The van der Waals surface area contributed by atoms with Crippen LogP contribution >= 0.6 is 0 Å². The number of carbonyl (C=O) groups excluding carboxylic acids is 3. The number of aromatic nitrogens is 1. The average molecular weight is 634 g/mol. The van der Waals surface area contributed by atoms with E-state index in [9.17, 15) is 19.5 Å². The van der Waals surface area contributed by atoms with Gasteiger partial charge in [0.15, 0.2) is 0 Å². The molecule has 248 valence electrons. The van der Waals surface area contributed by atoms with Crippen molar-refractivity contribution in [1.29, 1.82) is 0 Å². The van der Waals surface area contributed by atoms with Crippen molar-refractivity contribution in [1.82, 2.24) is 26.1 Å². The largest absolute Gasteiger partial charge is 0.453 e. The highest BCUT2D eigenvalue weighted by Gasteiger charge is 2.35. The van der Waals surface area contributed by atoms with E-state index in [-0.39, 0.29) is 13.1 Å². The van der Waals surface area contributed by atoms with Gasteiger partial charge in [0.05, 0.1) is 24.9 Å². The van der Waals surface area contributed by atoms with E-state index in [1.807, 2.05) is 93.6 Å². The van der Waals surface area contributed by atoms with Gasteiger partial charge in [-0.1, -0.05) is 81.4 Å². The molecule has 0 saturated heterocycles. The molecule has 46 heavy (non-hydrogen) atoms. The number of nitrogens with zero attached hydrogens (tertiary/aromatic N) is 2. The monoisotopic (exact) mass is 633 g/mol. The van der Waals surface area contributed by atoms with Crippen LogP contribution in [-0.2, 0) is 27.2 Å². The summed E-state index contributed by atoms with van der Waals surface area (Å²) < 4.78 is 10.2. The van der Waals surface area contributed by atoms with Gasteiger partial charge < -0.3 is 25.2 Å². The third-order valence-corrected chi connectivity index (χ3v) is 7.00. The number of hydrogen-bond acceptors (Lipinski definition) is 8. The molecule has 11 nitrogen and oxygen atoms in total. The normalized spacial score (nSPS) is 13.7. The van der Waals surface area contributed by atoms with Gasteiger partial charge in [-0.15, -0.1) is 0 Å². The Kier molecular flexibility index (Phi) is 12.7. The predicted molar refractivity (Wildman–Crippen MR) is 176 cm³/mol. The summed E-state index contributed by atoms with van der Waals surface area (Å²) in [5, 5.41) is 18.6. The molecule has 3 atom stereocenters. The number of amides is 3. The summed E-state index contributed by atoms with van der Waals surface area (Å²) in [7, 11) is 1.23. The van der Waals surface area contributed by atoms with Crippen LogP contribution in [0.2, 0.25) is 0 Å². The summed E-state index contributed by atoms with van der Waals surface area (Å²) in [6.45, 7) is 10.9. The number of methoxy groups -OCH3 is 1. The minimum absolute atomic E-state index is 0.0594. The van der Waals surface area contributed by atoms with Crippen molar-refractivity contribution >= 4 is 18.1 Å². The summed E-state index contributed by atoms with van der Waals surface area (Å²) in [5.74, 6) is -0.491. The lowest BCUT2D eigenvalue weighted by molar-refractivity contribution is -0.131. The molecule has 0 radical (unpaired) electrons. The fourth-order valence-electron chi connectivity index (χ4n) is 4.72. The average Bonchev–Trinajstić information content (AvgIpc) is 2.99. The molecule has 0 spiro atoms. The van der Waals surface area contributed by atoms with Crippen LogP contribution < -0.4 is 16.1 Å². The number of pyridine rings is 1. The van der Waals surface area contributed by atoms with E-state index in [1.165, 1.54) is 7.11 Å². The van der Waals surface area contributed by atoms with E-state index in [0.717, 1.165) is 22.4 Å². The van der Waals surface area contributed by atoms with Crippen molar-refractivity contribution in [3.8, 4) is 11.3 Å². The van der Waals surface area contributed by atoms with Gasteiger partial charge in [0.25, 0.3) is 5.91 Å². The standard InChI is InChI=1S/C35H47N5O6/c1-34(2,3)30(38-32(43)45-7)31(42)39-40(22-25-16-18-26(19-17-25)27-15-11-12-20-36-27)23-29(41)28(21-24-13-9-8-10-14-24)37-33(44)46-35(4,5)6/h8-20,28-30,41H,21-23H2,1-7H3,(H,37,44)(H,38,43)(H,39,42)/t28-,29+,30?/m0/s1. The zero-order chi connectivity index (χ0) is 33.9. The first kappa shape index (κ1) is 36.0. The first-order valence-corrected chi connectivity index (χ1v) is 15.3. The molecule has 2 aromatic carbocycles. The van der Waals surface area contributed by atoms with Gasteiger partial charge in [0.2, 0.25) is 0 Å². The first-order chi connectivity index (χ1) is 21.6. The molecule has 3 amide bonds. The van der Waals surface area contributed by atoms with E-state index in [1.54, 1.807) is 32.0 Å². The molecule has 0 aliphatic heterocycles. The molecular formula is C35H47N5O6. The molecule has 11 heteroatoms. The molecule has 0 saturated carbocycles. The second kappa shape index (κ2) is 16.2. The third-order valence-electron chi connectivity index (χ3n) is 7.00. The van der Waals surface area contributed by atoms with Crippen molar-refractivity contribution < 1.29 is 29.0 Å². The lowest BCUT2D eigenvalue weighted by Crippen LogP contribution is -2.59. The van der Waals surface area contributed by atoms with Gasteiger partial charge in [0, 0.05) is 24.8 Å². The minimum Gasteiger partial charge on any atom is -0.453 e. The smallest absolute Gasteiger partial charge is 0.407 e. The number of hydrogen-bond donors (Lipinski definition) is 4. The Balaban J connectivity index is 1.89. The highest BCUT2D eigenvalue weighted by atomic mass is 16.6. The lowest BCUT2D eigenvalue weighted by Gasteiger charge is -2.34. The van der Waals surface area contributed by atoms with Crippen molar-refractivity contribution in [3.05, 3.63) is 90.1 Å². The van der Waals surface area contributed by atoms with E-state index in [0.29, 0.717) is 6.42 Å². The second-order valence-corrected chi connectivity index (χ2v) is 13.2. The Bertz CT molecular complexity index is 1410. The van der Waals surface area contributed by atoms with Crippen molar-refractivity contribution in [2.24, 2.45) is 5.41 Å². The molecule has 3 aromatic rings. The highest BCUT2D eigenvalue weighted by Crippen LogP contribution is 2.21. The molecule has 3 rings (SSSR count). The molecule has 1 unspecified atom stereocenters. The van der Waals surface area contributed by atoms with E-state index >= 15 is 0 Å². The topological polar surface area (TPSA) is 142 Å². The van der Waals surface area contributed by atoms with E-state index in [2.05, 4.69) is 21.0 Å². The van der Waals surface area contributed by atoms with Crippen LogP contribution in [0.3, 0.4) is 0 Å². The van der Waals surface area contributed by atoms with Crippen molar-refractivity contribution in [2.45, 2.75) is 78.3 Å². The number of ether oxygens (including phenoxy) is 2. The van der Waals surface area contributed by atoms with Crippen molar-refractivity contribution in [3.63, 3.8) is 0 Å². The zero-order valence-electron chi connectivity index (χ0n) is 27.7. The summed E-state index contributed by atoms with van der Waals surface area (Å²) in [4.78, 5) is 43.0. The maximum Gasteiger partial charge on any atom is 0.407 e. The number of benzene rings is 2. The number of aliphatic hydroxyl groups excluding tert-OH is 1. The minimum atomic E-state index is -1.14. The van der Waals surface area contributed by atoms with Crippen LogP contribution in [0.1, 0.15) is 52.7 Å². The van der Waals surface area contributed by atoms with Crippen molar-refractivity contribution in [2.75, 3.05) is 13.7 Å². The van der Waals surface area contributed by atoms with E-state index < -0.39 is 47.3 Å². The molecule has 0 aliphatic carbocycles. The highest BCUT2D eigenvalue weighted by molar-refractivity contribution is 5.86. The Labute approximate surface area is 271 Å². The molecule has 1 heterocycles. The fraction of sp³-hybridized carbons (Fsp3) is 0.429. The summed E-state index contributed by atoms with van der Waals surface area (Å²) in [6.07, 6.45) is -0.495. The van der Waals surface area contributed by atoms with Gasteiger partial charge in [-0.05, 0) is 55.9 Å². The quantitative estimate of drug-likeness (QED) is 0.208. The summed E-state index contributed by atoms with van der Waals surface area (Å²) >= 11 is 0. The van der Waals surface area contributed by atoms with Gasteiger partial charge in [-0.3, -0.25) is 15.2 Å². The molecule has 0 fully saturated rings. The lowest BCUT2D eigenvalue weighted by atomic mass is 9.86. The van der Waals surface area contributed by atoms with Gasteiger partial charge in [-0.25, -0.2) is 14.6 Å². The molecule has 4 N–H and O–H groups in total. The Hall–Kier alpha value is -4.48. The molecular weight excluding hydrogens is 586 g/mol. The van der Waals surface area contributed by atoms with Crippen LogP contribution in [0.4, 0.5) is 9.59 Å². The maximum absolute atomic E-state index is 13.7. The molecule has 1 aromatic heterocycles. The Morgan fingerprint density at radius 2 is 1.50 bits per heavy atom. The summed E-state index contributed by atoms with van der Waals surface area (Å²) in [6, 6.07) is 21.2. The number of hydrazine groups is 1. The molecule has 0 bridgehead atoms. The van der Waals surface area contributed by atoms with Crippen LogP contribution in [0.5, 0.6) is 0 Å². The maximum atomic E-state index is 13.7. The van der Waals surface area contributed by atoms with Gasteiger partial charge in [-0.2, -0.15) is 0 Å². The van der Waals surface area contributed by atoms with Crippen LogP contribution in [0, 0.1) is 5.41 Å². The van der Waals surface area contributed by atoms with Crippen LogP contribution in [0.15, 0.2) is 79.0 Å². The Morgan fingerprint density at radius 1 is 0.848 bits per heavy atom. The number of carbonyl (C=O) groups is 3. The molecule has 0 aliphatic rings. The number of rotatable bonds is 12. The van der Waals surface area contributed by atoms with E-state index in [4.69, 9.17) is 9.47 Å². The van der Waals surface area contributed by atoms with Gasteiger partial charge >= 0.3 is 12.2 Å². The van der Waals surface area contributed by atoms with Crippen LogP contribution in [0.25, 0.3) is 11.3 Å². The number of alkyl carbamates (subject to hydrolysis) is 2. The zero-order valence-corrected chi connectivity index (χ0v) is 27.7. The van der Waals surface area contributed by atoms with Gasteiger partial charge in [0.1, 0.15) is 11.6 Å². The first-order valence-electron chi connectivity index (χ1n) is 15.3. The fourth-order valence-corrected chi connectivity index (χ4v) is 4.72. The number of nitrogens with one attached hydrogen (secondary N) is 3.